The molecule has 0 amide bonds. The van der Waals surface area contributed by atoms with Crippen molar-refractivity contribution in [2.24, 2.45) is 0 Å². The van der Waals surface area contributed by atoms with E-state index in [-0.39, 0.29) is 12.8 Å². The van der Waals surface area contributed by atoms with Gasteiger partial charge in [-0.15, -0.1) is 0 Å². The van der Waals surface area contributed by atoms with Crippen molar-refractivity contribution >= 4 is 5.97 Å². The van der Waals surface area contributed by atoms with Crippen LogP contribution < -0.4 is 0 Å². The topological polar surface area (TPSA) is 63.0 Å². The average molecular weight is 294 g/mol. The Morgan fingerprint density at radius 2 is 2.10 bits per heavy atom. The molecule has 0 aliphatic heterocycles. The van der Waals surface area contributed by atoms with E-state index < -0.39 is 41.0 Å². The van der Waals surface area contributed by atoms with Crippen LogP contribution in [0.5, 0.6) is 0 Å². The molecule has 0 N–H and O–H groups in total. The Morgan fingerprint density at radius 1 is 1.50 bits per heavy atom. The van der Waals surface area contributed by atoms with Gasteiger partial charge in [0.15, 0.2) is 0 Å². The summed E-state index contributed by atoms with van der Waals surface area (Å²) in [6, 6.07) is 1.23. The predicted molar refractivity (Wildman–Crippen MR) is 54.9 cm³/mol. The molecule has 1 aromatic rings. The molecule has 1 rings (SSSR count). The standard InChI is InChI=1S/C11H7F5N2O2/c1-2-20-10(19)7-5(11(14,15)16)4-18-6(3-17)8(7)9(12)13/h4,9H,2H2,1H3. The minimum atomic E-state index is -5.08. The lowest BCUT2D eigenvalue weighted by Gasteiger charge is -2.15. The predicted octanol–water partition coefficient (Wildman–Crippen LogP) is 3.09. The molecule has 1 heterocycles. The number of hydrogen-bond acceptors (Lipinski definition) is 4. The maximum Gasteiger partial charge on any atom is 0.418 e. The first-order valence-corrected chi connectivity index (χ1v) is 5.19. The van der Waals surface area contributed by atoms with Crippen molar-refractivity contribution in [1.82, 2.24) is 4.98 Å². The van der Waals surface area contributed by atoms with E-state index in [0.29, 0.717) is 0 Å². The molecule has 0 saturated heterocycles. The SMILES string of the molecule is CCOC(=O)c1c(C(F)(F)F)cnc(C#N)c1C(F)F. The number of pyridine rings is 1. The van der Waals surface area contributed by atoms with Crippen LogP contribution in [-0.2, 0) is 10.9 Å². The first kappa shape index (κ1) is 15.8. The summed E-state index contributed by atoms with van der Waals surface area (Å²) >= 11 is 0. The van der Waals surface area contributed by atoms with Crippen molar-refractivity contribution in [2.45, 2.75) is 19.5 Å². The van der Waals surface area contributed by atoms with Crippen molar-refractivity contribution in [3.63, 3.8) is 0 Å². The summed E-state index contributed by atoms with van der Waals surface area (Å²) in [6.45, 7) is 1.00. The van der Waals surface area contributed by atoms with Crippen molar-refractivity contribution in [3.05, 3.63) is 28.6 Å². The van der Waals surface area contributed by atoms with E-state index >= 15 is 0 Å². The second kappa shape index (κ2) is 5.81. The van der Waals surface area contributed by atoms with Gasteiger partial charge in [0, 0.05) is 6.20 Å². The van der Waals surface area contributed by atoms with Crippen LogP contribution in [0.25, 0.3) is 0 Å². The molecule has 0 unspecified atom stereocenters. The Kier molecular flexibility index (Phi) is 4.60. The summed E-state index contributed by atoms with van der Waals surface area (Å²) in [5.74, 6) is -1.57. The number of nitriles is 1. The largest absolute Gasteiger partial charge is 0.462 e. The molecule has 4 nitrogen and oxygen atoms in total. The van der Waals surface area contributed by atoms with E-state index in [4.69, 9.17) is 5.26 Å². The third kappa shape index (κ3) is 3.01. The summed E-state index contributed by atoms with van der Waals surface area (Å²) in [7, 11) is 0. The van der Waals surface area contributed by atoms with Gasteiger partial charge in [-0.1, -0.05) is 0 Å². The number of nitrogens with zero attached hydrogens (tertiary/aromatic N) is 2. The lowest BCUT2D eigenvalue weighted by atomic mass is 10.0. The third-order valence-corrected chi connectivity index (χ3v) is 2.23. The molecular formula is C11H7F5N2O2. The Balaban J connectivity index is 3.69. The first-order chi connectivity index (χ1) is 9.23. The van der Waals surface area contributed by atoms with Crippen LogP contribution in [0.3, 0.4) is 0 Å². The van der Waals surface area contributed by atoms with Gasteiger partial charge in [0.2, 0.25) is 0 Å². The van der Waals surface area contributed by atoms with Crippen molar-refractivity contribution in [1.29, 1.82) is 5.26 Å². The Hall–Kier alpha value is -2.24. The molecule has 0 aromatic carbocycles. The zero-order chi connectivity index (χ0) is 15.5. The minimum absolute atomic E-state index is 0.163. The molecule has 20 heavy (non-hydrogen) atoms. The summed E-state index contributed by atoms with van der Waals surface area (Å²) < 4.78 is 68.4. The van der Waals surface area contributed by atoms with E-state index in [9.17, 15) is 26.7 Å². The van der Waals surface area contributed by atoms with Gasteiger partial charge in [-0.05, 0) is 6.92 Å². The summed E-state index contributed by atoms with van der Waals surface area (Å²) in [5, 5.41) is 8.62. The maximum atomic E-state index is 12.9. The van der Waals surface area contributed by atoms with Crippen LogP contribution in [-0.4, -0.2) is 17.6 Å². The Labute approximate surface area is 109 Å². The number of rotatable bonds is 3. The zero-order valence-electron chi connectivity index (χ0n) is 9.96. The number of ether oxygens (including phenoxy) is 1. The van der Waals surface area contributed by atoms with Crippen LogP contribution in [0, 0.1) is 11.3 Å². The number of halogens is 5. The first-order valence-electron chi connectivity index (χ1n) is 5.19. The van der Waals surface area contributed by atoms with Crippen LogP contribution in [0.15, 0.2) is 6.20 Å². The van der Waals surface area contributed by atoms with Gasteiger partial charge in [0.1, 0.15) is 11.8 Å². The van der Waals surface area contributed by atoms with E-state index in [1.54, 1.807) is 0 Å². The van der Waals surface area contributed by atoms with Crippen molar-refractivity contribution < 1.29 is 31.5 Å². The summed E-state index contributed by atoms with van der Waals surface area (Å²) in [6.07, 6.45) is -8.39. The Morgan fingerprint density at radius 3 is 2.50 bits per heavy atom. The van der Waals surface area contributed by atoms with E-state index in [1.807, 2.05) is 0 Å². The second-order valence-corrected chi connectivity index (χ2v) is 3.44. The number of esters is 1. The lowest BCUT2D eigenvalue weighted by molar-refractivity contribution is -0.138. The minimum Gasteiger partial charge on any atom is -0.462 e. The normalized spacial score (nSPS) is 11.3. The summed E-state index contributed by atoms with van der Waals surface area (Å²) in [4.78, 5) is 14.5. The van der Waals surface area contributed by atoms with Gasteiger partial charge in [0.05, 0.1) is 23.3 Å². The molecule has 0 radical (unpaired) electrons. The molecule has 0 saturated carbocycles. The molecule has 9 heteroatoms. The maximum absolute atomic E-state index is 12.9. The van der Waals surface area contributed by atoms with Gasteiger partial charge in [-0.3, -0.25) is 0 Å². The van der Waals surface area contributed by atoms with Crippen molar-refractivity contribution in [2.75, 3.05) is 6.61 Å². The fourth-order valence-corrected chi connectivity index (χ4v) is 1.47. The van der Waals surface area contributed by atoms with Crippen molar-refractivity contribution in [3.8, 4) is 6.07 Å². The van der Waals surface area contributed by atoms with Crippen LogP contribution in [0.1, 0.15) is 40.5 Å². The number of carbonyl (C=O) groups is 1. The van der Waals surface area contributed by atoms with E-state index in [0.717, 1.165) is 0 Å². The van der Waals surface area contributed by atoms with Gasteiger partial charge in [0.25, 0.3) is 6.43 Å². The fraction of sp³-hybridized carbons (Fsp3) is 0.364. The molecule has 0 spiro atoms. The smallest absolute Gasteiger partial charge is 0.418 e. The molecule has 1 aromatic heterocycles. The molecule has 0 aliphatic rings. The van der Waals surface area contributed by atoms with Gasteiger partial charge < -0.3 is 4.74 Å². The molecule has 0 atom stereocenters. The van der Waals surface area contributed by atoms with E-state index in [2.05, 4.69) is 9.72 Å². The van der Waals surface area contributed by atoms with Gasteiger partial charge >= 0.3 is 12.1 Å². The number of carbonyl (C=O) groups excluding carboxylic acids is 1. The monoisotopic (exact) mass is 294 g/mol. The molecule has 0 aliphatic carbocycles. The number of hydrogen-bond donors (Lipinski definition) is 0. The molecular weight excluding hydrogens is 287 g/mol. The highest BCUT2D eigenvalue weighted by Crippen LogP contribution is 2.37. The third-order valence-electron chi connectivity index (χ3n) is 2.23. The number of aromatic nitrogens is 1. The highest BCUT2D eigenvalue weighted by atomic mass is 19.4. The van der Waals surface area contributed by atoms with Gasteiger partial charge in [-0.25, -0.2) is 18.6 Å². The quantitative estimate of drug-likeness (QED) is 0.635. The highest BCUT2D eigenvalue weighted by Gasteiger charge is 2.40. The fourth-order valence-electron chi connectivity index (χ4n) is 1.47. The summed E-state index contributed by atoms with van der Waals surface area (Å²) in [5.41, 5.74) is -5.36. The number of alkyl halides is 5. The zero-order valence-corrected chi connectivity index (χ0v) is 9.96. The van der Waals surface area contributed by atoms with Crippen LogP contribution >= 0.6 is 0 Å². The van der Waals surface area contributed by atoms with Crippen LogP contribution in [0.2, 0.25) is 0 Å². The highest BCUT2D eigenvalue weighted by molar-refractivity contribution is 5.93. The van der Waals surface area contributed by atoms with Crippen LogP contribution in [0.4, 0.5) is 22.0 Å². The second-order valence-electron chi connectivity index (χ2n) is 3.44. The average Bonchev–Trinajstić information content (AvgIpc) is 2.35. The van der Waals surface area contributed by atoms with E-state index in [1.165, 1.54) is 13.0 Å². The lowest BCUT2D eigenvalue weighted by Crippen LogP contribution is -2.20. The molecule has 0 fully saturated rings. The molecule has 108 valence electrons. The Bertz CT molecular complexity index is 563. The van der Waals surface area contributed by atoms with Gasteiger partial charge in [-0.2, -0.15) is 18.4 Å². The molecule has 0 bridgehead atoms.